The summed E-state index contributed by atoms with van der Waals surface area (Å²) in [6, 6.07) is 11.3. The van der Waals surface area contributed by atoms with E-state index in [1.54, 1.807) is 30.3 Å². The van der Waals surface area contributed by atoms with E-state index in [4.69, 9.17) is 39.5 Å². The number of nitro groups is 1. The molecule has 0 bridgehead atoms. The molecule has 30 heavy (non-hydrogen) atoms. The molecular weight excluding hydrogens is 518 g/mol. The second-order valence-electron chi connectivity index (χ2n) is 5.84. The van der Waals surface area contributed by atoms with Crippen LogP contribution in [0.25, 0.3) is 0 Å². The van der Waals surface area contributed by atoms with Crippen molar-refractivity contribution < 1.29 is 9.66 Å². The van der Waals surface area contributed by atoms with E-state index in [0.29, 0.717) is 30.9 Å². The number of halogens is 4. The standard InChI is InChI=1S/C19H12BrCl3N4O3/c20-14-6-11(9-25-26-19-17(27(28)29)2-1-5-24-19)7-16(23)18(14)30-10-12-3-4-13(21)8-15(12)22/h1-9H,10H2,(H,24,26)/b25-9-. The Morgan fingerprint density at radius 3 is 2.70 bits per heavy atom. The monoisotopic (exact) mass is 528 g/mol. The Bertz CT molecular complexity index is 1100. The van der Waals surface area contributed by atoms with Crippen molar-refractivity contribution in [3.63, 3.8) is 0 Å². The first-order chi connectivity index (χ1) is 14.3. The number of nitrogens with zero attached hydrogens (tertiary/aromatic N) is 3. The van der Waals surface area contributed by atoms with E-state index in [9.17, 15) is 10.1 Å². The molecule has 11 heteroatoms. The van der Waals surface area contributed by atoms with Crippen molar-refractivity contribution in [3.8, 4) is 5.75 Å². The molecule has 0 unspecified atom stereocenters. The number of benzene rings is 2. The molecule has 3 rings (SSSR count). The summed E-state index contributed by atoms with van der Waals surface area (Å²) in [5.41, 5.74) is 3.77. The summed E-state index contributed by atoms with van der Waals surface area (Å²) in [7, 11) is 0. The molecule has 0 saturated carbocycles. The fourth-order valence-electron chi connectivity index (χ4n) is 2.38. The van der Waals surface area contributed by atoms with Gasteiger partial charge in [-0.1, -0.05) is 40.9 Å². The minimum atomic E-state index is -0.544. The van der Waals surface area contributed by atoms with Crippen molar-refractivity contribution in [1.82, 2.24) is 4.98 Å². The van der Waals surface area contributed by atoms with Crippen molar-refractivity contribution in [2.75, 3.05) is 5.43 Å². The van der Waals surface area contributed by atoms with Crippen molar-refractivity contribution in [3.05, 3.63) is 89.4 Å². The molecule has 0 radical (unpaired) electrons. The number of hydrogen-bond acceptors (Lipinski definition) is 6. The molecule has 0 fully saturated rings. The predicted octanol–water partition coefficient (Wildman–Crippen LogP) is 6.74. The summed E-state index contributed by atoms with van der Waals surface area (Å²) in [5, 5.41) is 16.4. The lowest BCUT2D eigenvalue weighted by Crippen LogP contribution is -2.00. The lowest BCUT2D eigenvalue weighted by atomic mass is 10.2. The van der Waals surface area contributed by atoms with Crippen LogP contribution in [-0.4, -0.2) is 16.1 Å². The first kappa shape index (κ1) is 22.3. The molecule has 0 aliphatic rings. The van der Waals surface area contributed by atoms with Crippen molar-refractivity contribution in [2.24, 2.45) is 5.10 Å². The van der Waals surface area contributed by atoms with Gasteiger partial charge in [-0.25, -0.2) is 4.98 Å². The van der Waals surface area contributed by atoms with E-state index in [2.05, 4.69) is 31.4 Å². The highest BCUT2D eigenvalue weighted by Gasteiger charge is 2.13. The van der Waals surface area contributed by atoms with Crippen molar-refractivity contribution >= 4 is 68.5 Å². The van der Waals surface area contributed by atoms with Crippen LogP contribution in [-0.2, 0) is 6.61 Å². The lowest BCUT2D eigenvalue weighted by molar-refractivity contribution is -0.384. The second kappa shape index (κ2) is 10.1. The Hall–Kier alpha value is -2.39. The third-order valence-electron chi connectivity index (χ3n) is 3.77. The zero-order valence-electron chi connectivity index (χ0n) is 15.0. The molecule has 0 saturated heterocycles. The van der Waals surface area contributed by atoms with Crippen LogP contribution in [0.2, 0.25) is 15.1 Å². The molecule has 154 valence electrons. The molecule has 0 amide bonds. The molecule has 0 aliphatic carbocycles. The van der Waals surface area contributed by atoms with Gasteiger partial charge in [0.15, 0.2) is 5.75 Å². The van der Waals surface area contributed by atoms with Gasteiger partial charge >= 0.3 is 5.69 Å². The first-order valence-electron chi connectivity index (χ1n) is 8.29. The van der Waals surface area contributed by atoms with E-state index in [1.807, 2.05) is 0 Å². The van der Waals surface area contributed by atoms with Gasteiger partial charge in [0, 0.05) is 27.9 Å². The SMILES string of the molecule is O=[N+]([O-])c1cccnc1N/N=C\c1cc(Cl)c(OCc2ccc(Cl)cc2Cl)c(Br)c1. The average Bonchev–Trinajstić information content (AvgIpc) is 2.69. The van der Waals surface area contributed by atoms with Gasteiger partial charge in [0.2, 0.25) is 5.82 Å². The quantitative estimate of drug-likeness (QED) is 0.208. The van der Waals surface area contributed by atoms with Gasteiger partial charge in [0.05, 0.1) is 20.6 Å². The number of hydrogen-bond donors (Lipinski definition) is 1. The first-order valence-corrected chi connectivity index (χ1v) is 10.2. The molecule has 2 aromatic carbocycles. The van der Waals surface area contributed by atoms with E-state index in [1.165, 1.54) is 24.5 Å². The smallest absolute Gasteiger partial charge is 0.313 e. The van der Waals surface area contributed by atoms with Crippen LogP contribution in [0.15, 0.2) is 58.2 Å². The van der Waals surface area contributed by atoms with Gasteiger partial charge in [0.25, 0.3) is 0 Å². The number of aromatic nitrogens is 1. The van der Waals surface area contributed by atoms with Crippen LogP contribution in [0.5, 0.6) is 5.75 Å². The summed E-state index contributed by atoms with van der Waals surface area (Å²) in [4.78, 5) is 14.4. The lowest BCUT2D eigenvalue weighted by Gasteiger charge is -2.12. The molecule has 0 aliphatic heterocycles. The number of anilines is 1. The molecule has 3 aromatic rings. The Labute approximate surface area is 194 Å². The van der Waals surface area contributed by atoms with Crippen LogP contribution < -0.4 is 10.2 Å². The summed E-state index contributed by atoms with van der Waals surface area (Å²) >= 11 is 21.8. The average molecular weight is 531 g/mol. The van der Waals surface area contributed by atoms with Crippen molar-refractivity contribution in [2.45, 2.75) is 6.61 Å². The molecule has 0 spiro atoms. The van der Waals surface area contributed by atoms with E-state index in [-0.39, 0.29) is 18.1 Å². The topological polar surface area (TPSA) is 89.7 Å². The molecule has 1 heterocycles. The van der Waals surface area contributed by atoms with Gasteiger partial charge in [-0.2, -0.15) is 5.10 Å². The van der Waals surface area contributed by atoms with Crippen molar-refractivity contribution in [1.29, 1.82) is 0 Å². The van der Waals surface area contributed by atoms with E-state index < -0.39 is 4.92 Å². The maximum Gasteiger partial charge on any atom is 0.313 e. The van der Waals surface area contributed by atoms with Crippen LogP contribution >= 0.6 is 50.7 Å². The fraction of sp³-hybridized carbons (Fsp3) is 0.0526. The van der Waals surface area contributed by atoms with Crippen LogP contribution in [0.4, 0.5) is 11.5 Å². The molecule has 1 aromatic heterocycles. The Morgan fingerprint density at radius 2 is 2.00 bits per heavy atom. The van der Waals surface area contributed by atoms with Gasteiger partial charge in [0.1, 0.15) is 6.61 Å². The molecule has 1 N–H and O–H groups in total. The number of hydrazone groups is 1. The number of nitrogens with one attached hydrogen (secondary N) is 1. The maximum atomic E-state index is 11.0. The zero-order chi connectivity index (χ0) is 21.7. The largest absolute Gasteiger partial charge is 0.486 e. The molecule has 0 atom stereocenters. The van der Waals surface area contributed by atoms with E-state index >= 15 is 0 Å². The van der Waals surface area contributed by atoms with Gasteiger partial charge in [-0.15, -0.1) is 0 Å². The summed E-state index contributed by atoms with van der Waals surface area (Å²) in [6.45, 7) is 0.201. The van der Waals surface area contributed by atoms with Crippen LogP contribution in [0.3, 0.4) is 0 Å². The van der Waals surface area contributed by atoms with Gasteiger partial charge < -0.3 is 4.74 Å². The Morgan fingerprint density at radius 1 is 1.20 bits per heavy atom. The number of ether oxygens (including phenoxy) is 1. The Balaban J connectivity index is 1.71. The summed E-state index contributed by atoms with van der Waals surface area (Å²) in [6.07, 6.45) is 2.88. The third kappa shape index (κ3) is 5.60. The second-order valence-corrected chi connectivity index (χ2v) is 7.94. The summed E-state index contributed by atoms with van der Waals surface area (Å²) in [5.74, 6) is 0.469. The highest BCUT2D eigenvalue weighted by atomic mass is 79.9. The van der Waals surface area contributed by atoms with Crippen LogP contribution in [0.1, 0.15) is 11.1 Å². The molecule has 7 nitrogen and oxygen atoms in total. The highest BCUT2D eigenvalue weighted by molar-refractivity contribution is 9.10. The Kier molecular flexibility index (Phi) is 7.49. The normalized spacial score (nSPS) is 10.9. The zero-order valence-corrected chi connectivity index (χ0v) is 18.8. The van der Waals surface area contributed by atoms with Gasteiger partial charge in [-0.05, 0) is 51.8 Å². The van der Waals surface area contributed by atoms with Gasteiger partial charge in [-0.3, -0.25) is 15.5 Å². The fourth-order valence-corrected chi connectivity index (χ4v) is 3.83. The predicted molar refractivity (Wildman–Crippen MR) is 122 cm³/mol. The number of rotatable bonds is 7. The maximum absolute atomic E-state index is 11.0. The highest BCUT2D eigenvalue weighted by Crippen LogP contribution is 2.35. The van der Waals surface area contributed by atoms with E-state index in [0.717, 1.165) is 5.56 Å². The summed E-state index contributed by atoms with van der Waals surface area (Å²) < 4.78 is 6.40. The molecular formula is C19H12BrCl3N4O3. The minimum Gasteiger partial charge on any atom is -0.486 e. The minimum absolute atomic E-state index is 0.0312. The number of pyridine rings is 1. The van der Waals surface area contributed by atoms with Crippen LogP contribution in [0, 0.1) is 10.1 Å². The third-order valence-corrected chi connectivity index (χ3v) is 5.23.